The summed E-state index contributed by atoms with van der Waals surface area (Å²) in [4.78, 5) is 24.6. The minimum Gasteiger partial charge on any atom is -0.460 e. The molecule has 0 rings (SSSR count). The molecule has 2 unspecified atom stereocenters. The number of esters is 2. The van der Waals surface area contributed by atoms with Crippen molar-refractivity contribution in [1.82, 2.24) is 0 Å². The normalized spacial score (nSPS) is 17.6. The fraction of sp³-hybridized carbons (Fsp3) is 0.867. The number of hydrogen-bond acceptors (Lipinski definition) is 5. The summed E-state index contributed by atoms with van der Waals surface area (Å²) in [5.41, 5.74) is -3.76. The second-order valence-electron chi connectivity index (χ2n) is 6.64. The molecule has 0 amide bonds. The molecule has 24 heavy (non-hydrogen) atoms. The molecule has 0 aromatic rings. The van der Waals surface area contributed by atoms with Crippen LogP contribution in [0.15, 0.2) is 0 Å². The van der Waals surface area contributed by atoms with Crippen molar-refractivity contribution < 1.29 is 36.7 Å². The predicted octanol–water partition coefficient (Wildman–Crippen LogP) is 3.82. The first-order valence-corrected chi connectivity index (χ1v) is 11.3. The van der Waals surface area contributed by atoms with Gasteiger partial charge >= 0.3 is 23.7 Å². The Labute approximate surface area is 142 Å². The minimum absolute atomic E-state index is 0.299. The lowest BCUT2D eigenvalue weighted by Gasteiger charge is -2.37. The van der Waals surface area contributed by atoms with Gasteiger partial charge in [0.1, 0.15) is 0 Å². The summed E-state index contributed by atoms with van der Waals surface area (Å²) < 4.78 is 56.1. The number of hydrogen-bond donors (Lipinski definition) is 0. The van der Waals surface area contributed by atoms with E-state index in [1.54, 1.807) is 13.8 Å². The molecule has 2 atom stereocenters. The summed E-state index contributed by atoms with van der Waals surface area (Å²) in [5.74, 6) is -3.56. The molecule has 0 aliphatic rings. The van der Waals surface area contributed by atoms with E-state index in [0.29, 0.717) is 12.8 Å². The van der Waals surface area contributed by atoms with Gasteiger partial charge in [0.2, 0.25) is 0 Å². The van der Waals surface area contributed by atoms with Crippen molar-refractivity contribution in [3.63, 3.8) is 0 Å². The van der Waals surface area contributed by atoms with Gasteiger partial charge in [-0.15, -0.1) is 0 Å². The van der Waals surface area contributed by atoms with Crippen LogP contribution in [0.1, 0.15) is 40.5 Å². The largest absolute Gasteiger partial charge is 0.460 e. The van der Waals surface area contributed by atoms with Crippen molar-refractivity contribution in [2.24, 2.45) is 0 Å². The molecule has 5 nitrogen and oxygen atoms in total. The van der Waals surface area contributed by atoms with E-state index in [1.165, 1.54) is 33.5 Å². The molecule has 0 aromatic carbocycles. The molecule has 0 aromatic heterocycles. The van der Waals surface area contributed by atoms with Crippen molar-refractivity contribution in [3.05, 3.63) is 0 Å². The van der Waals surface area contributed by atoms with Crippen LogP contribution in [0.4, 0.5) is 13.2 Å². The lowest BCUT2D eigenvalue weighted by atomic mass is 10.0. The highest BCUT2D eigenvalue weighted by Crippen LogP contribution is 2.39. The number of carbonyl (C=O) groups excluding carboxylic acids is 2. The zero-order chi connectivity index (χ0) is 19.3. The Bertz CT molecular complexity index is 421. The number of alkyl halides is 3. The third kappa shape index (κ3) is 5.77. The summed E-state index contributed by atoms with van der Waals surface area (Å²) in [5, 5.41) is 0. The molecule has 0 radical (unpaired) electrons. The van der Waals surface area contributed by atoms with Crippen LogP contribution >= 0.6 is 0 Å². The highest BCUT2D eigenvalue weighted by molar-refractivity contribution is 6.70. The molecule has 0 spiro atoms. The molecule has 142 valence electrons. The van der Waals surface area contributed by atoms with Crippen molar-refractivity contribution in [2.45, 2.75) is 84.2 Å². The number of halogens is 3. The van der Waals surface area contributed by atoms with Crippen molar-refractivity contribution in [3.8, 4) is 0 Å². The minimum atomic E-state index is -5.30. The zero-order valence-corrected chi connectivity index (χ0v) is 16.2. The molecule has 0 aliphatic heterocycles. The average molecular weight is 372 g/mol. The lowest BCUT2D eigenvalue weighted by molar-refractivity contribution is -0.261. The molecule has 0 bridgehead atoms. The van der Waals surface area contributed by atoms with Gasteiger partial charge in [0.25, 0.3) is 0 Å². The molecule has 0 N–H and O–H groups in total. The third-order valence-corrected chi connectivity index (χ3v) is 4.12. The van der Waals surface area contributed by atoms with E-state index in [9.17, 15) is 22.8 Å². The fourth-order valence-corrected chi connectivity index (χ4v) is 2.81. The topological polar surface area (TPSA) is 61.8 Å². The maximum Gasteiger partial charge on any atom is 0.438 e. The van der Waals surface area contributed by atoms with E-state index in [1.807, 2.05) is 0 Å². The van der Waals surface area contributed by atoms with Crippen LogP contribution in [0.25, 0.3) is 0 Å². The van der Waals surface area contributed by atoms with E-state index in [0.717, 1.165) is 0 Å². The Morgan fingerprint density at radius 3 is 1.46 bits per heavy atom. The number of ether oxygens (including phenoxy) is 2. The monoisotopic (exact) mass is 372 g/mol. The van der Waals surface area contributed by atoms with E-state index in [-0.39, 0.29) is 0 Å². The Balaban J connectivity index is 6.07. The maximum atomic E-state index is 13.8. The highest BCUT2D eigenvalue weighted by atomic mass is 28.4. The molecular formula is C15H27F3O5Si. The molecule has 0 heterocycles. The lowest BCUT2D eigenvalue weighted by Crippen LogP contribution is -2.65. The van der Waals surface area contributed by atoms with Crippen LogP contribution in [-0.4, -0.2) is 44.2 Å². The second kappa shape index (κ2) is 8.33. The fourth-order valence-electron chi connectivity index (χ4n) is 1.61. The summed E-state index contributed by atoms with van der Waals surface area (Å²) >= 11 is 0. The average Bonchev–Trinajstić information content (AvgIpc) is 2.41. The molecule has 0 saturated heterocycles. The smallest absolute Gasteiger partial charge is 0.438 e. The van der Waals surface area contributed by atoms with E-state index in [2.05, 4.69) is 0 Å². The zero-order valence-electron chi connectivity index (χ0n) is 15.2. The molecule has 9 heteroatoms. The number of rotatable bonds is 8. The molecule has 0 aliphatic carbocycles. The third-order valence-electron chi connectivity index (χ3n) is 3.20. The first-order valence-electron chi connectivity index (χ1n) is 7.90. The molecule has 0 fully saturated rings. The predicted molar refractivity (Wildman–Crippen MR) is 84.9 cm³/mol. The quantitative estimate of drug-likeness (QED) is 0.368. The van der Waals surface area contributed by atoms with Crippen LogP contribution in [0, 0.1) is 0 Å². The van der Waals surface area contributed by atoms with Gasteiger partial charge in [0.05, 0.1) is 12.2 Å². The second-order valence-corrected chi connectivity index (χ2v) is 11.1. The van der Waals surface area contributed by atoms with Crippen LogP contribution in [-0.2, 0) is 23.5 Å². The first-order chi connectivity index (χ1) is 10.7. The molecule has 0 saturated carbocycles. The Hall–Kier alpha value is -1.09. The summed E-state index contributed by atoms with van der Waals surface area (Å²) in [6.07, 6.45) is -6.29. The van der Waals surface area contributed by atoms with Gasteiger partial charge in [0.15, 0.2) is 8.32 Å². The van der Waals surface area contributed by atoms with Gasteiger partial charge in [-0.1, -0.05) is 13.8 Å². The van der Waals surface area contributed by atoms with Crippen LogP contribution in [0.2, 0.25) is 19.6 Å². The van der Waals surface area contributed by atoms with Crippen molar-refractivity contribution in [2.75, 3.05) is 0 Å². The number of carbonyl (C=O) groups is 2. The highest BCUT2D eigenvalue weighted by Gasteiger charge is 2.71. The Kier molecular flexibility index (Phi) is 7.95. The van der Waals surface area contributed by atoms with Crippen molar-refractivity contribution in [1.29, 1.82) is 0 Å². The van der Waals surface area contributed by atoms with Crippen LogP contribution in [0.3, 0.4) is 0 Å². The van der Waals surface area contributed by atoms with E-state index >= 15 is 0 Å². The molecular weight excluding hydrogens is 345 g/mol. The standard InChI is InChI=1S/C15H27F3O5Si/c1-8-10(3)21-12(19)14(15(16,17)18,23-24(5,6)7)13(20)22-11(4)9-2/h10-11H,8-9H2,1-7H3. The maximum absolute atomic E-state index is 13.8. The SMILES string of the molecule is CCC(C)OC(=O)C(O[Si](C)(C)C)(C(=O)OC(C)CC)C(F)(F)F. The van der Waals surface area contributed by atoms with Crippen LogP contribution < -0.4 is 0 Å². The summed E-state index contributed by atoms with van der Waals surface area (Å²) in [6.45, 7) is 10.5. The van der Waals surface area contributed by atoms with Gasteiger partial charge in [-0.3, -0.25) is 0 Å². The Morgan fingerprint density at radius 1 is 0.917 bits per heavy atom. The Morgan fingerprint density at radius 2 is 1.25 bits per heavy atom. The van der Waals surface area contributed by atoms with E-state index < -0.39 is 44.2 Å². The first kappa shape index (κ1) is 22.9. The van der Waals surface area contributed by atoms with Crippen LogP contribution in [0.5, 0.6) is 0 Å². The summed E-state index contributed by atoms with van der Waals surface area (Å²) in [6, 6.07) is 0. The summed E-state index contributed by atoms with van der Waals surface area (Å²) in [7, 11) is -2.97. The van der Waals surface area contributed by atoms with Gasteiger partial charge in [-0.25, -0.2) is 9.59 Å². The van der Waals surface area contributed by atoms with E-state index in [4.69, 9.17) is 13.9 Å². The van der Waals surface area contributed by atoms with Gasteiger partial charge in [-0.2, -0.15) is 13.2 Å². The van der Waals surface area contributed by atoms with Gasteiger partial charge in [0, 0.05) is 0 Å². The van der Waals surface area contributed by atoms with Crippen molar-refractivity contribution >= 4 is 20.3 Å². The van der Waals surface area contributed by atoms with Gasteiger partial charge in [-0.05, 0) is 46.3 Å². The van der Waals surface area contributed by atoms with Gasteiger partial charge < -0.3 is 13.9 Å².